The van der Waals surface area contributed by atoms with Crippen LogP contribution in [0.2, 0.25) is 0 Å². The lowest BCUT2D eigenvalue weighted by Crippen LogP contribution is -2.27. The molecule has 0 aliphatic carbocycles. The van der Waals surface area contributed by atoms with Crippen LogP contribution in [0.5, 0.6) is 6.01 Å². The van der Waals surface area contributed by atoms with Gasteiger partial charge in [-0.2, -0.15) is 4.98 Å². The zero-order valence-electron chi connectivity index (χ0n) is 10.4. The van der Waals surface area contributed by atoms with E-state index in [1.165, 1.54) is 17.7 Å². The van der Waals surface area contributed by atoms with Crippen molar-refractivity contribution in [2.24, 2.45) is 0 Å². The number of rotatable bonds is 3. The highest BCUT2D eigenvalue weighted by Gasteiger charge is 2.18. The molecule has 1 aliphatic heterocycles. The Bertz CT molecular complexity index is 649. The smallest absolute Gasteiger partial charge is 0.318 e. The molecule has 0 saturated carbocycles. The molecular weight excluding hydrogens is 250 g/mol. The average molecular weight is 263 g/mol. The van der Waals surface area contributed by atoms with Crippen molar-refractivity contribution in [2.75, 3.05) is 20.3 Å². The summed E-state index contributed by atoms with van der Waals surface area (Å²) >= 11 is 0. The maximum atomic E-state index is 12.0. The minimum Gasteiger partial charge on any atom is -0.467 e. The molecule has 1 saturated heterocycles. The van der Waals surface area contributed by atoms with Crippen molar-refractivity contribution < 1.29 is 14.2 Å². The molecule has 2 aromatic heterocycles. The Morgan fingerprint density at radius 2 is 2.21 bits per heavy atom. The molecule has 7 nitrogen and oxygen atoms in total. The van der Waals surface area contributed by atoms with E-state index in [-0.39, 0.29) is 11.6 Å². The first kappa shape index (κ1) is 12.1. The van der Waals surface area contributed by atoms with Gasteiger partial charge in [-0.1, -0.05) is 0 Å². The number of fused-ring (bicyclic) bond motifs is 1. The van der Waals surface area contributed by atoms with E-state index in [1.54, 1.807) is 12.3 Å². The highest BCUT2D eigenvalue weighted by molar-refractivity contribution is 5.74. The minimum atomic E-state index is -0.413. The van der Waals surface area contributed by atoms with Crippen molar-refractivity contribution in [3.8, 4) is 6.01 Å². The molecular formula is C12H13N3O4. The second-order valence-corrected chi connectivity index (χ2v) is 4.09. The van der Waals surface area contributed by atoms with Gasteiger partial charge in [0.1, 0.15) is 5.65 Å². The summed E-state index contributed by atoms with van der Waals surface area (Å²) in [6, 6.07) is 3.39. The van der Waals surface area contributed by atoms with Crippen LogP contribution in [0.25, 0.3) is 11.0 Å². The van der Waals surface area contributed by atoms with Gasteiger partial charge in [0.05, 0.1) is 26.9 Å². The van der Waals surface area contributed by atoms with Gasteiger partial charge in [0.15, 0.2) is 6.29 Å². The Morgan fingerprint density at radius 1 is 1.42 bits per heavy atom. The first-order valence-corrected chi connectivity index (χ1v) is 5.92. The molecule has 0 unspecified atom stereocenters. The number of aromatic nitrogens is 3. The lowest BCUT2D eigenvalue weighted by molar-refractivity contribution is -0.0523. The Labute approximate surface area is 108 Å². The quantitative estimate of drug-likeness (QED) is 0.786. The van der Waals surface area contributed by atoms with Gasteiger partial charge in [-0.3, -0.25) is 9.36 Å². The van der Waals surface area contributed by atoms with Crippen molar-refractivity contribution in [1.29, 1.82) is 0 Å². The van der Waals surface area contributed by atoms with Gasteiger partial charge in [0, 0.05) is 17.6 Å². The van der Waals surface area contributed by atoms with E-state index in [4.69, 9.17) is 14.2 Å². The molecule has 19 heavy (non-hydrogen) atoms. The van der Waals surface area contributed by atoms with E-state index in [2.05, 4.69) is 9.97 Å². The molecule has 0 aromatic carbocycles. The highest BCUT2D eigenvalue weighted by Crippen LogP contribution is 2.14. The summed E-state index contributed by atoms with van der Waals surface area (Å²) in [4.78, 5) is 20.2. The average Bonchev–Trinajstić information content (AvgIpc) is 2.94. The number of ether oxygens (including phenoxy) is 3. The largest absolute Gasteiger partial charge is 0.467 e. The molecule has 7 heteroatoms. The van der Waals surface area contributed by atoms with Crippen LogP contribution in [-0.2, 0) is 16.0 Å². The number of pyridine rings is 1. The highest BCUT2D eigenvalue weighted by atomic mass is 16.7. The summed E-state index contributed by atoms with van der Waals surface area (Å²) in [5.41, 5.74) is 0.353. The van der Waals surface area contributed by atoms with Crippen molar-refractivity contribution in [3.63, 3.8) is 0 Å². The van der Waals surface area contributed by atoms with Crippen LogP contribution < -0.4 is 10.3 Å². The van der Waals surface area contributed by atoms with Crippen LogP contribution in [0.1, 0.15) is 0 Å². The van der Waals surface area contributed by atoms with Crippen LogP contribution in [0, 0.1) is 0 Å². The Morgan fingerprint density at radius 3 is 2.95 bits per heavy atom. The van der Waals surface area contributed by atoms with Gasteiger partial charge in [0.2, 0.25) is 0 Å². The van der Waals surface area contributed by atoms with E-state index in [1.807, 2.05) is 0 Å². The predicted molar refractivity (Wildman–Crippen MR) is 66.0 cm³/mol. The summed E-state index contributed by atoms with van der Waals surface area (Å²) in [5, 5.41) is 0.762. The van der Waals surface area contributed by atoms with E-state index >= 15 is 0 Å². The predicted octanol–water partition coefficient (Wildman–Crippen LogP) is 0.173. The Kier molecular flexibility index (Phi) is 3.14. The lowest BCUT2D eigenvalue weighted by atomic mass is 10.3. The summed E-state index contributed by atoms with van der Waals surface area (Å²) in [6.45, 7) is 1.39. The van der Waals surface area contributed by atoms with Gasteiger partial charge in [-0.25, -0.2) is 4.98 Å². The normalized spacial score (nSPS) is 16.1. The topological polar surface area (TPSA) is 75.5 Å². The molecule has 3 heterocycles. The molecule has 2 aromatic rings. The zero-order valence-corrected chi connectivity index (χ0v) is 10.4. The fraction of sp³-hybridized carbons (Fsp3) is 0.417. The van der Waals surface area contributed by atoms with Crippen molar-refractivity contribution >= 4 is 11.0 Å². The molecule has 3 rings (SSSR count). The summed E-state index contributed by atoms with van der Waals surface area (Å²) in [7, 11) is 1.48. The SMILES string of the molecule is COc1ncc2ccc(=O)n(CC3OCCO3)c2n1. The van der Waals surface area contributed by atoms with Crippen LogP contribution >= 0.6 is 0 Å². The van der Waals surface area contributed by atoms with Crippen molar-refractivity contribution in [1.82, 2.24) is 14.5 Å². The van der Waals surface area contributed by atoms with E-state index in [0.717, 1.165) is 5.39 Å². The summed E-state index contributed by atoms with van der Waals surface area (Å²) < 4.78 is 17.2. The van der Waals surface area contributed by atoms with E-state index in [0.29, 0.717) is 25.4 Å². The molecule has 0 atom stereocenters. The van der Waals surface area contributed by atoms with Crippen LogP contribution in [0.15, 0.2) is 23.1 Å². The molecule has 1 aliphatic rings. The van der Waals surface area contributed by atoms with Crippen LogP contribution in [-0.4, -0.2) is 41.1 Å². The third-order valence-electron chi connectivity index (χ3n) is 2.91. The maximum absolute atomic E-state index is 12.0. The van der Waals surface area contributed by atoms with Crippen molar-refractivity contribution in [2.45, 2.75) is 12.8 Å². The Hall–Kier alpha value is -1.99. The van der Waals surface area contributed by atoms with Gasteiger partial charge in [0.25, 0.3) is 5.56 Å². The summed E-state index contributed by atoms with van der Waals surface area (Å²) in [6.07, 6.45) is 1.21. The number of hydrogen-bond donors (Lipinski definition) is 0. The monoisotopic (exact) mass is 263 g/mol. The number of hydrogen-bond acceptors (Lipinski definition) is 6. The first-order chi connectivity index (χ1) is 9.28. The second-order valence-electron chi connectivity index (χ2n) is 4.09. The van der Waals surface area contributed by atoms with Crippen LogP contribution in [0.4, 0.5) is 0 Å². The number of nitrogens with zero attached hydrogens (tertiary/aromatic N) is 3. The molecule has 0 N–H and O–H groups in total. The van der Waals surface area contributed by atoms with Gasteiger partial charge >= 0.3 is 6.01 Å². The summed E-state index contributed by atoms with van der Waals surface area (Å²) in [5.74, 6) is 0. The molecule has 0 radical (unpaired) electrons. The van der Waals surface area contributed by atoms with Crippen LogP contribution in [0.3, 0.4) is 0 Å². The number of methoxy groups -OCH3 is 1. The zero-order chi connectivity index (χ0) is 13.2. The standard InChI is InChI=1S/C12H13N3O4/c1-17-12-13-6-8-2-3-9(16)15(11(8)14-12)7-10-18-4-5-19-10/h2-3,6,10H,4-5,7H2,1H3. The molecule has 1 fully saturated rings. The first-order valence-electron chi connectivity index (χ1n) is 5.92. The molecule has 0 bridgehead atoms. The molecule has 0 amide bonds. The van der Waals surface area contributed by atoms with Gasteiger partial charge in [-0.05, 0) is 6.07 Å². The fourth-order valence-corrected chi connectivity index (χ4v) is 1.99. The molecule has 0 spiro atoms. The van der Waals surface area contributed by atoms with Crippen molar-refractivity contribution in [3.05, 3.63) is 28.7 Å². The minimum absolute atomic E-state index is 0.160. The third kappa shape index (κ3) is 2.29. The fourth-order valence-electron chi connectivity index (χ4n) is 1.99. The Balaban J connectivity index is 2.08. The van der Waals surface area contributed by atoms with Gasteiger partial charge < -0.3 is 14.2 Å². The molecule has 100 valence electrons. The second kappa shape index (κ2) is 4.94. The van der Waals surface area contributed by atoms with E-state index < -0.39 is 6.29 Å². The lowest BCUT2D eigenvalue weighted by Gasteiger charge is -2.13. The third-order valence-corrected chi connectivity index (χ3v) is 2.91. The maximum Gasteiger partial charge on any atom is 0.318 e. The van der Waals surface area contributed by atoms with E-state index in [9.17, 15) is 4.79 Å². The van der Waals surface area contributed by atoms with Gasteiger partial charge in [-0.15, -0.1) is 0 Å².